The fourth-order valence-electron chi connectivity index (χ4n) is 8.89. The number of hydrogen-bond donors (Lipinski definition) is 1. The van der Waals surface area contributed by atoms with Crippen molar-refractivity contribution in [1.82, 2.24) is 29.1 Å². The number of piperazine rings is 1. The van der Waals surface area contributed by atoms with Crippen LogP contribution in [0.25, 0.3) is 44.2 Å². The molecule has 1 N–H and O–H groups in total. The molecule has 1 unspecified atom stereocenters. The van der Waals surface area contributed by atoms with Crippen molar-refractivity contribution in [3.63, 3.8) is 0 Å². The van der Waals surface area contributed by atoms with E-state index in [1.54, 1.807) is 35.7 Å². The summed E-state index contributed by atoms with van der Waals surface area (Å²) in [4.78, 5) is 68.6. The summed E-state index contributed by atoms with van der Waals surface area (Å²) in [6.45, 7) is 4.93. The lowest BCUT2D eigenvalue weighted by atomic mass is 9.92. The number of halogens is 1. The second-order valence-electron chi connectivity index (χ2n) is 15.5. The lowest BCUT2D eigenvalue weighted by molar-refractivity contribution is -0.135. The van der Waals surface area contributed by atoms with E-state index < -0.39 is 17.8 Å². The molecule has 0 aliphatic carbocycles. The number of benzene rings is 4. The number of imide groups is 1. The van der Waals surface area contributed by atoms with E-state index in [2.05, 4.69) is 32.3 Å². The Bertz CT molecular complexity index is 2710. The maximum absolute atomic E-state index is 16.3. The molecule has 2 aromatic heterocycles. The van der Waals surface area contributed by atoms with E-state index in [1.807, 2.05) is 48.5 Å². The van der Waals surface area contributed by atoms with Gasteiger partial charge in [0, 0.05) is 83.1 Å². The van der Waals surface area contributed by atoms with Crippen LogP contribution >= 0.6 is 0 Å². The van der Waals surface area contributed by atoms with Crippen molar-refractivity contribution in [2.24, 2.45) is 14.1 Å². The topological polar surface area (TPSA) is 135 Å². The van der Waals surface area contributed by atoms with Crippen molar-refractivity contribution in [2.75, 3.05) is 49.1 Å². The van der Waals surface area contributed by atoms with E-state index in [-0.39, 0.29) is 35.0 Å². The molecule has 4 aromatic carbocycles. The number of imidazole rings is 1. The average Bonchev–Trinajstić information content (AvgIpc) is 3.90. The van der Waals surface area contributed by atoms with Gasteiger partial charge in [-0.05, 0) is 90.0 Å². The van der Waals surface area contributed by atoms with E-state index in [9.17, 15) is 24.0 Å². The highest BCUT2D eigenvalue weighted by Crippen LogP contribution is 2.40. The van der Waals surface area contributed by atoms with Gasteiger partial charge in [-0.3, -0.25) is 43.2 Å². The second kappa shape index (κ2) is 14.8. The van der Waals surface area contributed by atoms with Gasteiger partial charge in [0.05, 0.1) is 21.9 Å². The lowest BCUT2D eigenvalue weighted by Gasteiger charge is -2.36. The normalized spacial score (nSPS) is 17.8. The zero-order valence-electron chi connectivity index (χ0n) is 32.4. The zero-order chi connectivity index (χ0) is 40.2. The van der Waals surface area contributed by atoms with Gasteiger partial charge in [0.1, 0.15) is 17.6 Å². The second-order valence-corrected chi connectivity index (χ2v) is 15.5. The Morgan fingerprint density at radius 3 is 2.26 bits per heavy atom. The number of nitrogens with one attached hydrogen (secondary N) is 1. The number of hydrogen-bond acceptors (Lipinski definition) is 8. The number of fused-ring (bicyclic) bond motifs is 2. The third kappa shape index (κ3) is 6.46. The lowest BCUT2D eigenvalue weighted by Crippen LogP contribution is -2.47. The minimum atomic E-state index is -0.709. The van der Waals surface area contributed by atoms with Gasteiger partial charge in [0.25, 0.3) is 0 Å². The van der Waals surface area contributed by atoms with Crippen LogP contribution in [0.5, 0.6) is 0 Å². The first-order valence-electron chi connectivity index (χ1n) is 19.8. The van der Waals surface area contributed by atoms with Crippen LogP contribution < -0.4 is 20.8 Å². The first kappa shape index (κ1) is 37.2. The Morgan fingerprint density at radius 1 is 0.793 bits per heavy atom. The molecule has 3 aliphatic heterocycles. The average molecular weight is 783 g/mol. The summed E-state index contributed by atoms with van der Waals surface area (Å²) in [7, 11) is 3.40. The summed E-state index contributed by atoms with van der Waals surface area (Å²) < 4.78 is 20.9. The molecule has 296 valence electrons. The number of aldehydes is 1. The highest BCUT2D eigenvalue weighted by molar-refractivity contribution is 6.01. The summed E-state index contributed by atoms with van der Waals surface area (Å²) in [5.41, 5.74) is 7.39. The first-order chi connectivity index (χ1) is 28.1. The molecule has 14 heteroatoms. The Balaban J connectivity index is 0.905. The third-order valence-corrected chi connectivity index (χ3v) is 12.1. The SMILES string of the molecule is Cn1nc(C=O)c2c(F)c(-c3ccc(N4CCCC4=O)cc3-c3ccc(N4CCN(CCc5ccc6c(c5)n(C)c(=O)n6C5CCC(=O)NC5=O)CC4)cc3)ccc21. The molecule has 5 heterocycles. The maximum atomic E-state index is 16.3. The van der Waals surface area contributed by atoms with Crippen molar-refractivity contribution in [3.05, 3.63) is 100 Å². The quantitative estimate of drug-likeness (QED) is 0.160. The van der Waals surface area contributed by atoms with Crippen molar-refractivity contribution < 1.29 is 23.6 Å². The molecular formula is C44H43FN8O5. The molecule has 9 rings (SSSR count). The van der Waals surface area contributed by atoms with Crippen LogP contribution in [-0.2, 0) is 34.9 Å². The van der Waals surface area contributed by atoms with Crippen molar-refractivity contribution >= 4 is 57.3 Å². The molecule has 3 saturated heterocycles. The molecule has 3 fully saturated rings. The van der Waals surface area contributed by atoms with Crippen molar-refractivity contribution in [3.8, 4) is 22.3 Å². The molecule has 0 bridgehead atoms. The summed E-state index contributed by atoms with van der Waals surface area (Å²) in [5, 5.41) is 6.75. The summed E-state index contributed by atoms with van der Waals surface area (Å²) >= 11 is 0. The van der Waals surface area contributed by atoms with E-state index in [1.165, 1.54) is 9.25 Å². The number of anilines is 2. The molecule has 0 spiro atoms. The highest BCUT2D eigenvalue weighted by atomic mass is 19.1. The van der Waals surface area contributed by atoms with Gasteiger partial charge in [-0.15, -0.1) is 0 Å². The number of piperidine rings is 1. The van der Waals surface area contributed by atoms with Gasteiger partial charge in [-0.25, -0.2) is 9.18 Å². The minimum Gasteiger partial charge on any atom is -0.369 e. The van der Waals surface area contributed by atoms with Gasteiger partial charge >= 0.3 is 5.69 Å². The van der Waals surface area contributed by atoms with Gasteiger partial charge in [-0.2, -0.15) is 5.10 Å². The number of rotatable bonds is 9. The maximum Gasteiger partial charge on any atom is 0.329 e. The molecular weight excluding hydrogens is 740 g/mol. The Hall–Kier alpha value is -6.41. The molecule has 13 nitrogen and oxygen atoms in total. The monoisotopic (exact) mass is 782 g/mol. The first-order valence-corrected chi connectivity index (χ1v) is 19.8. The summed E-state index contributed by atoms with van der Waals surface area (Å²) in [5.74, 6) is -1.19. The van der Waals surface area contributed by atoms with Crippen LogP contribution in [0.4, 0.5) is 15.8 Å². The minimum absolute atomic E-state index is 0.0518. The summed E-state index contributed by atoms with van der Waals surface area (Å²) in [6.07, 6.45) is 3.18. The molecule has 1 atom stereocenters. The Kier molecular flexibility index (Phi) is 9.51. The number of aryl methyl sites for hydroxylation is 2. The number of aromatic nitrogens is 4. The molecule has 3 amide bonds. The fraction of sp³-hybridized carbons (Fsp3) is 0.318. The Labute approximate surface area is 333 Å². The third-order valence-electron chi connectivity index (χ3n) is 12.1. The highest BCUT2D eigenvalue weighted by Gasteiger charge is 2.31. The summed E-state index contributed by atoms with van der Waals surface area (Å²) in [6, 6.07) is 22.7. The van der Waals surface area contributed by atoms with Crippen molar-refractivity contribution in [1.29, 1.82) is 0 Å². The smallest absolute Gasteiger partial charge is 0.329 e. The van der Waals surface area contributed by atoms with E-state index >= 15 is 4.39 Å². The van der Waals surface area contributed by atoms with Crippen LogP contribution in [0.3, 0.4) is 0 Å². The van der Waals surface area contributed by atoms with Crippen LogP contribution in [0.2, 0.25) is 0 Å². The van der Waals surface area contributed by atoms with E-state index in [0.29, 0.717) is 47.8 Å². The predicted octanol–water partition coefficient (Wildman–Crippen LogP) is 4.98. The fourth-order valence-corrected chi connectivity index (χ4v) is 8.89. The van der Waals surface area contributed by atoms with Crippen LogP contribution in [0.1, 0.15) is 47.8 Å². The zero-order valence-corrected chi connectivity index (χ0v) is 32.4. The van der Waals surface area contributed by atoms with Crippen LogP contribution in [-0.4, -0.2) is 87.1 Å². The van der Waals surface area contributed by atoms with Crippen molar-refractivity contribution in [2.45, 2.75) is 38.1 Å². The Morgan fingerprint density at radius 2 is 1.53 bits per heavy atom. The standard InChI is InChI=1S/C44H43FN8O5/c1-48-38-24-27(5-13-35(38)53(44(48)58)37-15-16-39(55)46-43(37)57)17-19-50-20-22-51(23-21-50)29-8-6-28(7-9-29)33-25-30(52-18-3-4-40(52)56)10-11-31(33)32-12-14-36-41(42(32)45)34(26-54)47-49(36)2/h5-14,24-26,37H,3-4,15-23H2,1-2H3,(H,46,55,57). The predicted molar refractivity (Wildman–Crippen MR) is 219 cm³/mol. The number of carbonyl (C=O) groups is 4. The molecule has 0 radical (unpaired) electrons. The molecule has 3 aliphatic rings. The van der Waals surface area contributed by atoms with Gasteiger partial charge in [0.2, 0.25) is 17.7 Å². The van der Waals surface area contributed by atoms with Gasteiger partial charge < -0.3 is 9.80 Å². The molecule has 58 heavy (non-hydrogen) atoms. The largest absolute Gasteiger partial charge is 0.369 e. The number of amides is 3. The number of nitrogens with zero attached hydrogens (tertiary/aromatic N) is 7. The van der Waals surface area contributed by atoms with Crippen LogP contribution in [0, 0.1) is 5.82 Å². The molecule has 6 aromatic rings. The van der Waals surface area contributed by atoms with Gasteiger partial charge in [-0.1, -0.05) is 24.3 Å². The van der Waals surface area contributed by atoms with Crippen LogP contribution in [0.15, 0.2) is 77.6 Å². The van der Waals surface area contributed by atoms with Gasteiger partial charge in [0.15, 0.2) is 6.29 Å². The number of carbonyl (C=O) groups excluding carboxylic acids is 4. The van der Waals surface area contributed by atoms with E-state index in [0.717, 1.165) is 79.1 Å². The molecule has 0 saturated carbocycles. The van der Waals surface area contributed by atoms with E-state index in [4.69, 9.17) is 0 Å².